The van der Waals surface area contributed by atoms with Crippen molar-refractivity contribution < 1.29 is 9.53 Å². The summed E-state index contributed by atoms with van der Waals surface area (Å²) in [4.78, 5) is 12.2. The van der Waals surface area contributed by atoms with Gasteiger partial charge >= 0.3 is 0 Å². The lowest BCUT2D eigenvalue weighted by molar-refractivity contribution is -0.118. The zero-order valence-corrected chi connectivity index (χ0v) is 14.2. The van der Waals surface area contributed by atoms with E-state index in [1.165, 1.54) is 5.56 Å². The molecule has 3 rings (SSSR count). The molecule has 0 bridgehead atoms. The van der Waals surface area contributed by atoms with Crippen LogP contribution in [0.15, 0.2) is 78.9 Å². The van der Waals surface area contributed by atoms with Crippen LogP contribution in [0.3, 0.4) is 0 Å². The molecule has 0 aliphatic carbocycles. The highest BCUT2D eigenvalue weighted by atomic mass is 16.5. The van der Waals surface area contributed by atoms with Crippen LogP contribution in [0.2, 0.25) is 0 Å². The van der Waals surface area contributed by atoms with Crippen LogP contribution < -0.4 is 10.1 Å². The predicted octanol–water partition coefficient (Wildman–Crippen LogP) is 4.93. The van der Waals surface area contributed by atoms with Crippen molar-refractivity contribution in [2.24, 2.45) is 0 Å². The molecule has 3 aromatic rings. The Morgan fingerprint density at radius 1 is 0.880 bits per heavy atom. The first-order chi connectivity index (χ1) is 12.3. The van der Waals surface area contributed by atoms with E-state index in [9.17, 15) is 4.79 Å². The van der Waals surface area contributed by atoms with Gasteiger partial charge in [0.05, 0.1) is 0 Å². The molecule has 0 saturated carbocycles. The number of amides is 1. The molecule has 3 aromatic carbocycles. The first-order valence-corrected chi connectivity index (χ1v) is 8.42. The molecule has 0 atom stereocenters. The van der Waals surface area contributed by atoms with Crippen molar-refractivity contribution in [3.63, 3.8) is 0 Å². The summed E-state index contributed by atoms with van der Waals surface area (Å²) in [6.07, 6.45) is 0.980. The van der Waals surface area contributed by atoms with Gasteiger partial charge in [-0.1, -0.05) is 67.6 Å². The molecule has 0 radical (unpaired) electrons. The molecule has 3 heteroatoms. The second kappa shape index (κ2) is 8.15. The van der Waals surface area contributed by atoms with E-state index in [4.69, 9.17) is 4.74 Å². The van der Waals surface area contributed by atoms with Crippen molar-refractivity contribution in [2.75, 3.05) is 11.9 Å². The van der Waals surface area contributed by atoms with Crippen LogP contribution in [0.5, 0.6) is 5.75 Å². The van der Waals surface area contributed by atoms with E-state index in [2.05, 4.69) is 12.2 Å². The Hall–Kier alpha value is -3.07. The fourth-order valence-electron chi connectivity index (χ4n) is 2.61. The average molecular weight is 331 g/mol. The first kappa shape index (κ1) is 16.8. The second-order valence-corrected chi connectivity index (χ2v) is 5.75. The largest absolute Gasteiger partial charge is 0.483 e. The summed E-state index contributed by atoms with van der Waals surface area (Å²) in [5, 5.41) is 2.86. The van der Waals surface area contributed by atoms with Gasteiger partial charge in [-0.15, -0.1) is 0 Å². The van der Waals surface area contributed by atoms with Crippen molar-refractivity contribution in [3.05, 3.63) is 84.4 Å². The van der Waals surface area contributed by atoms with Gasteiger partial charge in [-0.3, -0.25) is 4.79 Å². The van der Waals surface area contributed by atoms with Gasteiger partial charge < -0.3 is 10.1 Å². The summed E-state index contributed by atoms with van der Waals surface area (Å²) in [5.74, 6) is 0.525. The molecule has 0 aromatic heterocycles. The van der Waals surface area contributed by atoms with Gasteiger partial charge in [0.2, 0.25) is 0 Å². The van der Waals surface area contributed by atoms with E-state index in [1.807, 2.05) is 78.9 Å². The molecular formula is C22H21NO2. The molecule has 1 N–H and O–H groups in total. The number of rotatable bonds is 6. The molecule has 0 unspecified atom stereocenters. The number of ether oxygens (including phenoxy) is 1. The molecule has 0 heterocycles. The van der Waals surface area contributed by atoms with Gasteiger partial charge in [0.1, 0.15) is 5.75 Å². The van der Waals surface area contributed by atoms with Crippen LogP contribution in [0, 0.1) is 0 Å². The maximum Gasteiger partial charge on any atom is 0.262 e. The Bertz CT molecular complexity index is 826. The number of para-hydroxylation sites is 1. The second-order valence-electron chi connectivity index (χ2n) is 5.75. The third-order valence-electron chi connectivity index (χ3n) is 3.98. The number of benzene rings is 3. The number of carbonyl (C=O) groups is 1. The quantitative estimate of drug-likeness (QED) is 0.695. The fraction of sp³-hybridized carbons (Fsp3) is 0.136. The molecule has 25 heavy (non-hydrogen) atoms. The summed E-state index contributed by atoms with van der Waals surface area (Å²) < 4.78 is 5.76. The van der Waals surface area contributed by atoms with E-state index in [0.29, 0.717) is 5.75 Å². The summed E-state index contributed by atoms with van der Waals surface area (Å²) in [7, 11) is 0. The van der Waals surface area contributed by atoms with Crippen LogP contribution in [0.25, 0.3) is 11.1 Å². The van der Waals surface area contributed by atoms with Gasteiger partial charge in [0.25, 0.3) is 5.91 Å². The van der Waals surface area contributed by atoms with Crippen molar-refractivity contribution in [1.82, 2.24) is 0 Å². The van der Waals surface area contributed by atoms with Crippen LogP contribution >= 0.6 is 0 Å². The average Bonchev–Trinajstić information content (AvgIpc) is 2.68. The lowest BCUT2D eigenvalue weighted by Crippen LogP contribution is -2.20. The van der Waals surface area contributed by atoms with Crippen LogP contribution in [0.4, 0.5) is 5.69 Å². The molecule has 0 fully saturated rings. The highest BCUT2D eigenvalue weighted by molar-refractivity contribution is 5.92. The zero-order chi connectivity index (χ0) is 17.5. The zero-order valence-electron chi connectivity index (χ0n) is 14.2. The Balaban J connectivity index is 1.64. The predicted molar refractivity (Wildman–Crippen MR) is 102 cm³/mol. The van der Waals surface area contributed by atoms with E-state index < -0.39 is 0 Å². The van der Waals surface area contributed by atoms with Crippen molar-refractivity contribution >= 4 is 11.6 Å². The maximum atomic E-state index is 12.2. The Kier molecular flexibility index (Phi) is 5.47. The number of nitrogens with one attached hydrogen (secondary N) is 1. The summed E-state index contributed by atoms with van der Waals surface area (Å²) in [5.41, 5.74) is 4.06. The van der Waals surface area contributed by atoms with Crippen LogP contribution in [-0.4, -0.2) is 12.5 Å². The smallest absolute Gasteiger partial charge is 0.262 e. The highest BCUT2D eigenvalue weighted by Crippen LogP contribution is 2.29. The molecular weight excluding hydrogens is 310 g/mol. The molecule has 1 amide bonds. The minimum atomic E-state index is -0.174. The van der Waals surface area contributed by atoms with Crippen LogP contribution in [-0.2, 0) is 11.2 Å². The minimum Gasteiger partial charge on any atom is -0.483 e. The molecule has 0 aliphatic heterocycles. The number of hydrogen-bond acceptors (Lipinski definition) is 2. The normalized spacial score (nSPS) is 10.3. The standard InChI is InChI=1S/C22H21NO2/c1-2-17-12-14-19(15-13-17)23-22(24)16-25-21-11-7-6-10-20(21)18-8-4-3-5-9-18/h3-15H,2,16H2,1H3,(H,23,24). The van der Waals surface area contributed by atoms with Gasteiger partial charge in [0.15, 0.2) is 6.61 Å². The topological polar surface area (TPSA) is 38.3 Å². The molecule has 0 spiro atoms. The monoisotopic (exact) mass is 331 g/mol. The van der Waals surface area contributed by atoms with E-state index >= 15 is 0 Å². The lowest BCUT2D eigenvalue weighted by atomic mass is 10.1. The Morgan fingerprint density at radius 2 is 1.56 bits per heavy atom. The van der Waals surface area contributed by atoms with Gasteiger partial charge in [-0.25, -0.2) is 0 Å². The third kappa shape index (κ3) is 4.48. The third-order valence-corrected chi connectivity index (χ3v) is 3.98. The number of carbonyl (C=O) groups excluding carboxylic acids is 1. The van der Waals surface area contributed by atoms with Crippen molar-refractivity contribution in [3.8, 4) is 16.9 Å². The SMILES string of the molecule is CCc1ccc(NC(=O)COc2ccccc2-c2ccccc2)cc1. The van der Waals surface area contributed by atoms with Crippen molar-refractivity contribution in [1.29, 1.82) is 0 Å². The van der Waals surface area contributed by atoms with E-state index in [-0.39, 0.29) is 12.5 Å². The van der Waals surface area contributed by atoms with Crippen molar-refractivity contribution in [2.45, 2.75) is 13.3 Å². The summed E-state index contributed by atoms with van der Waals surface area (Å²) in [6.45, 7) is 2.07. The highest BCUT2D eigenvalue weighted by Gasteiger charge is 2.08. The molecule has 126 valence electrons. The minimum absolute atomic E-state index is 0.0284. The Labute approximate surface area is 148 Å². The summed E-state index contributed by atoms with van der Waals surface area (Å²) >= 11 is 0. The van der Waals surface area contributed by atoms with Gasteiger partial charge in [-0.05, 0) is 35.7 Å². The van der Waals surface area contributed by atoms with Gasteiger partial charge in [-0.2, -0.15) is 0 Å². The number of aryl methyl sites for hydroxylation is 1. The summed E-state index contributed by atoms with van der Waals surface area (Å²) in [6, 6.07) is 25.6. The Morgan fingerprint density at radius 3 is 2.28 bits per heavy atom. The molecule has 3 nitrogen and oxygen atoms in total. The fourth-order valence-corrected chi connectivity index (χ4v) is 2.61. The van der Waals surface area contributed by atoms with E-state index in [0.717, 1.165) is 23.2 Å². The lowest BCUT2D eigenvalue weighted by Gasteiger charge is -2.12. The molecule has 0 saturated heterocycles. The maximum absolute atomic E-state index is 12.2. The number of hydrogen-bond donors (Lipinski definition) is 1. The van der Waals surface area contributed by atoms with E-state index in [1.54, 1.807) is 0 Å². The van der Waals surface area contributed by atoms with Gasteiger partial charge in [0, 0.05) is 11.3 Å². The number of anilines is 1. The molecule has 0 aliphatic rings. The first-order valence-electron chi connectivity index (χ1n) is 8.42. The van der Waals surface area contributed by atoms with Crippen LogP contribution in [0.1, 0.15) is 12.5 Å².